The summed E-state index contributed by atoms with van der Waals surface area (Å²) in [5.41, 5.74) is 1.22. The summed E-state index contributed by atoms with van der Waals surface area (Å²) in [6.07, 6.45) is 0.894. The number of amides is 1. The molecule has 0 saturated heterocycles. The molecule has 0 aliphatic carbocycles. The average molecular weight is 320 g/mol. The molecule has 2 heterocycles. The molecule has 2 aliphatic rings. The van der Waals surface area contributed by atoms with E-state index in [1.807, 2.05) is 6.92 Å². The van der Waals surface area contributed by atoms with Gasteiger partial charge in [-0.15, -0.1) is 0 Å². The Morgan fingerprint density at radius 2 is 2.00 bits per heavy atom. The second-order valence-electron chi connectivity index (χ2n) is 5.59. The quantitative estimate of drug-likeness (QED) is 0.880. The van der Waals surface area contributed by atoms with E-state index in [0.29, 0.717) is 48.9 Å². The number of carbonyl (C=O) groups is 2. The number of carboxylic acid groups (broad SMARTS) is 1. The second-order valence-corrected chi connectivity index (χ2v) is 5.59. The normalized spacial score (nSPS) is 20.5. The lowest BCUT2D eigenvalue weighted by molar-refractivity contribution is -0.140. The van der Waals surface area contributed by atoms with Crippen LogP contribution in [-0.2, 0) is 9.59 Å². The molecule has 3 rings (SSSR count). The Balaban J connectivity index is 2.12. The molecule has 1 amide bonds. The Morgan fingerprint density at radius 3 is 2.57 bits per heavy atom. The van der Waals surface area contributed by atoms with E-state index < -0.39 is 18.1 Å². The molecule has 2 atom stereocenters. The van der Waals surface area contributed by atoms with Crippen molar-refractivity contribution in [1.29, 1.82) is 0 Å². The standard InChI is InChI=1S/C16H20N2O5/c1-3-9-15(19)18(11(4-2)16(20)21)12-8-14-13(7-10(12)17-9)22-5-6-23-14/h7-9,11,17H,3-6H2,1-2H3,(H,20,21). The Morgan fingerprint density at radius 1 is 1.35 bits per heavy atom. The van der Waals surface area contributed by atoms with Gasteiger partial charge in [-0.25, -0.2) is 4.79 Å². The smallest absolute Gasteiger partial charge is 0.326 e. The molecule has 2 N–H and O–H groups in total. The fourth-order valence-electron chi connectivity index (χ4n) is 2.99. The second kappa shape index (κ2) is 5.98. The summed E-state index contributed by atoms with van der Waals surface area (Å²) in [6.45, 7) is 4.55. The van der Waals surface area contributed by atoms with Crippen molar-refractivity contribution in [2.24, 2.45) is 0 Å². The SMILES string of the molecule is CCC1Nc2cc3c(cc2N(C(CC)C(=O)O)C1=O)OCCO3. The molecule has 2 unspecified atom stereocenters. The van der Waals surface area contributed by atoms with Crippen LogP contribution in [0.4, 0.5) is 11.4 Å². The summed E-state index contributed by atoms with van der Waals surface area (Å²) in [4.78, 5) is 25.7. The molecule has 124 valence electrons. The number of carbonyl (C=O) groups excluding carboxylic acids is 1. The Labute approximate surface area is 134 Å². The number of anilines is 2. The number of fused-ring (bicyclic) bond motifs is 2. The van der Waals surface area contributed by atoms with Crippen molar-refractivity contribution in [1.82, 2.24) is 0 Å². The van der Waals surface area contributed by atoms with Crippen LogP contribution in [0.2, 0.25) is 0 Å². The van der Waals surface area contributed by atoms with Crippen LogP contribution in [0.25, 0.3) is 0 Å². The van der Waals surface area contributed by atoms with Gasteiger partial charge in [0.05, 0.1) is 11.4 Å². The monoisotopic (exact) mass is 320 g/mol. The van der Waals surface area contributed by atoms with Gasteiger partial charge < -0.3 is 19.9 Å². The van der Waals surface area contributed by atoms with Gasteiger partial charge in [-0.2, -0.15) is 0 Å². The summed E-state index contributed by atoms with van der Waals surface area (Å²) >= 11 is 0. The lowest BCUT2D eigenvalue weighted by Crippen LogP contribution is -2.54. The highest BCUT2D eigenvalue weighted by atomic mass is 16.6. The van der Waals surface area contributed by atoms with E-state index in [-0.39, 0.29) is 5.91 Å². The predicted molar refractivity (Wildman–Crippen MR) is 84.3 cm³/mol. The van der Waals surface area contributed by atoms with Gasteiger partial charge in [0.25, 0.3) is 0 Å². The van der Waals surface area contributed by atoms with E-state index in [9.17, 15) is 14.7 Å². The van der Waals surface area contributed by atoms with E-state index in [0.717, 1.165) is 0 Å². The van der Waals surface area contributed by atoms with Crippen LogP contribution in [0.3, 0.4) is 0 Å². The molecular formula is C16H20N2O5. The van der Waals surface area contributed by atoms with Crippen molar-refractivity contribution in [2.45, 2.75) is 38.8 Å². The van der Waals surface area contributed by atoms with E-state index in [1.165, 1.54) is 4.90 Å². The molecule has 1 aromatic carbocycles. The van der Waals surface area contributed by atoms with E-state index >= 15 is 0 Å². The zero-order chi connectivity index (χ0) is 16.6. The number of ether oxygens (including phenoxy) is 2. The van der Waals surface area contributed by atoms with Crippen molar-refractivity contribution in [3.05, 3.63) is 12.1 Å². The fourth-order valence-corrected chi connectivity index (χ4v) is 2.99. The number of nitrogens with one attached hydrogen (secondary N) is 1. The number of hydrogen-bond donors (Lipinski definition) is 2. The Hall–Kier alpha value is -2.44. The zero-order valence-corrected chi connectivity index (χ0v) is 13.2. The maximum Gasteiger partial charge on any atom is 0.326 e. The lowest BCUT2D eigenvalue weighted by atomic mass is 10.0. The van der Waals surface area contributed by atoms with Gasteiger partial charge in [-0.3, -0.25) is 9.69 Å². The van der Waals surface area contributed by atoms with Crippen molar-refractivity contribution in [3.63, 3.8) is 0 Å². The largest absolute Gasteiger partial charge is 0.486 e. The summed E-state index contributed by atoms with van der Waals surface area (Å²) in [5.74, 6) is -0.107. The van der Waals surface area contributed by atoms with Gasteiger partial charge >= 0.3 is 5.97 Å². The first-order valence-electron chi connectivity index (χ1n) is 7.82. The zero-order valence-electron chi connectivity index (χ0n) is 13.2. The topological polar surface area (TPSA) is 88.1 Å². The minimum Gasteiger partial charge on any atom is -0.486 e. The van der Waals surface area contributed by atoms with Crippen molar-refractivity contribution >= 4 is 23.3 Å². The highest BCUT2D eigenvalue weighted by Crippen LogP contribution is 2.43. The van der Waals surface area contributed by atoms with Crippen LogP contribution in [0.15, 0.2) is 12.1 Å². The van der Waals surface area contributed by atoms with Gasteiger partial charge in [0.1, 0.15) is 25.3 Å². The first-order chi connectivity index (χ1) is 11.1. The van der Waals surface area contributed by atoms with Gasteiger partial charge in [0.15, 0.2) is 11.5 Å². The highest BCUT2D eigenvalue weighted by Gasteiger charge is 2.39. The summed E-state index contributed by atoms with van der Waals surface area (Å²) < 4.78 is 11.1. The fraction of sp³-hybridized carbons (Fsp3) is 0.500. The molecule has 1 aromatic rings. The first-order valence-corrected chi connectivity index (χ1v) is 7.82. The number of hydrogen-bond acceptors (Lipinski definition) is 5. The first kappa shape index (κ1) is 15.5. The molecule has 2 aliphatic heterocycles. The van der Waals surface area contributed by atoms with Crippen molar-refractivity contribution < 1.29 is 24.2 Å². The van der Waals surface area contributed by atoms with E-state index in [4.69, 9.17) is 9.47 Å². The molecule has 7 nitrogen and oxygen atoms in total. The Kier molecular flexibility index (Phi) is 4.02. The molecule has 0 spiro atoms. The molecule has 23 heavy (non-hydrogen) atoms. The average Bonchev–Trinajstić information content (AvgIpc) is 2.55. The number of aliphatic carboxylic acids is 1. The van der Waals surface area contributed by atoms with Gasteiger partial charge in [0.2, 0.25) is 5.91 Å². The number of carboxylic acids is 1. The third kappa shape index (κ3) is 2.56. The van der Waals surface area contributed by atoms with Crippen LogP contribution in [0, 0.1) is 0 Å². The lowest BCUT2D eigenvalue weighted by Gasteiger charge is -2.38. The van der Waals surface area contributed by atoms with Gasteiger partial charge in [-0.1, -0.05) is 13.8 Å². The minimum atomic E-state index is -1.02. The molecule has 0 radical (unpaired) electrons. The highest BCUT2D eigenvalue weighted by molar-refractivity contribution is 6.08. The maximum absolute atomic E-state index is 12.7. The molecule has 0 fully saturated rings. The molecule has 0 saturated carbocycles. The van der Waals surface area contributed by atoms with Crippen LogP contribution in [0.5, 0.6) is 11.5 Å². The van der Waals surface area contributed by atoms with Crippen molar-refractivity contribution in [3.8, 4) is 11.5 Å². The van der Waals surface area contributed by atoms with Crippen LogP contribution in [-0.4, -0.2) is 42.3 Å². The number of benzene rings is 1. The predicted octanol–water partition coefficient (Wildman–Crippen LogP) is 1.86. The molecular weight excluding hydrogens is 300 g/mol. The van der Waals surface area contributed by atoms with Crippen LogP contribution >= 0.6 is 0 Å². The molecule has 0 aromatic heterocycles. The number of nitrogens with zero attached hydrogens (tertiary/aromatic N) is 1. The summed E-state index contributed by atoms with van der Waals surface area (Å²) in [5, 5.41) is 12.7. The van der Waals surface area contributed by atoms with Crippen LogP contribution < -0.4 is 19.7 Å². The third-order valence-corrected chi connectivity index (χ3v) is 4.18. The van der Waals surface area contributed by atoms with E-state index in [2.05, 4.69) is 5.32 Å². The Bertz CT molecular complexity index is 646. The minimum absolute atomic E-state index is 0.231. The number of rotatable bonds is 4. The summed E-state index contributed by atoms with van der Waals surface area (Å²) in [7, 11) is 0. The van der Waals surface area contributed by atoms with Gasteiger partial charge in [-0.05, 0) is 12.8 Å². The van der Waals surface area contributed by atoms with E-state index in [1.54, 1.807) is 19.1 Å². The van der Waals surface area contributed by atoms with Gasteiger partial charge in [0, 0.05) is 12.1 Å². The summed E-state index contributed by atoms with van der Waals surface area (Å²) in [6, 6.07) is 2.12. The maximum atomic E-state index is 12.7. The van der Waals surface area contributed by atoms with Crippen molar-refractivity contribution in [2.75, 3.05) is 23.4 Å². The van der Waals surface area contributed by atoms with Crippen LogP contribution in [0.1, 0.15) is 26.7 Å². The molecule has 0 bridgehead atoms. The molecule has 7 heteroatoms. The third-order valence-electron chi connectivity index (χ3n) is 4.18.